The van der Waals surface area contributed by atoms with E-state index in [9.17, 15) is 9.59 Å². The maximum absolute atomic E-state index is 11.4. The van der Waals surface area contributed by atoms with Gasteiger partial charge in [-0.1, -0.05) is 6.92 Å². The average molecular weight is 230 g/mol. The fourth-order valence-electron chi connectivity index (χ4n) is 1.57. The first-order valence-corrected chi connectivity index (χ1v) is 5.32. The number of carboxylic acids is 1. The normalized spacial score (nSPS) is 29.0. The smallest absolute Gasteiger partial charge is 0.313 e. The van der Waals surface area contributed by atoms with Crippen molar-refractivity contribution in [2.75, 3.05) is 26.3 Å². The number of hydrogen-bond donors (Lipinski definition) is 3. The molecule has 92 valence electrons. The van der Waals surface area contributed by atoms with Gasteiger partial charge in [-0.25, -0.2) is 0 Å². The largest absolute Gasteiger partial charge is 0.481 e. The van der Waals surface area contributed by atoms with Crippen LogP contribution in [0.4, 0.5) is 0 Å². The number of aliphatic carboxylic acids is 1. The quantitative estimate of drug-likeness (QED) is 0.575. The van der Waals surface area contributed by atoms with Crippen molar-refractivity contribution in [3.05, 3.63) is 0 Å². The molecule has 1 aliphatic heterocycles. The predicted octanol–water partition coefficient (Wildman–Crippen LogP) is -0.798. The Bertz CT molecular complexity index is 282. The van der Waals surface area contributed by atoms with Crippen LogP contribution in [0.15, 0.2) is 0 Å². The Hall–Kier alpha value is -1.14. The molecular formula is C10H18N2O4. The lowest BCUT2D eigenvalue weighted by Crippen LogP contribution is -2.51. The van der Waals surface area contributed by atoms with E-state index in [2.05, 4.69) is 10.6 Å². The number of amides is 1. The first-order chi connectivity index (χ1) is 7.50. The number of hydrogen-bond acceptors (Lipinski definition) is 4. The van der Waals surface area contributed by atoms with Gasteiger partial charge < -0.3 is 20.5 Å². The van der Waals surface area contributed by atoms with Crippen LogP contribution in [-0.2, 0) is 14.3 Å². The van der Waals surface area contributed by atoms with E-state index < -0.39 is 17.4 Å². The molecule has 1 fully saturated rings. The number of carbonyl (C=O) groups is 2. The van der Waals surface area contributed by atoms with Gasteiger partial charge in [0.2, 0.25) is 5.91 Å². The summed E-state index contributed by atoms with van der Waals surface area (Å²) < 4.78 is 5.12. The van der Waals surface area contributed by atoms with Crippen LogP contribution < -0.4 is 10.6 Å². The van der Waals surface area contributed by atoms with Crippen LogP contribution in [-0.4, -0.2) is 49.3 Å². The first-order valence-electron chi connectivity index (χ1n) is 5.32. The molecule has 16 heavy (non-hydrogen) atoms. The van der Waals surface area contributed by atoms with Gasteiger partial charge >= 0.3 is 5.97 Å². The molecule has 6 heteroatoms. The van der Waals surface area contributed by atoms with E-state index in [1.165, 1.54) is 0 Å². The maximum atomic E-state index is 11.4. The van der Waals surface area contributed by atoms with Crippen molar-refractivity contribution in [3.63, 3.8) is 0 Å². The standard InChI is InChI=1S/C10H18N2O4/c1-3-11-4-8(13)12-7-5-16-6-10(7,2)9(14)15/h7,11H,3-6H2,1-2H3,(H,12,13)(H,14,15). The van der Waals surface area contributed by atoms with Gasteiger partial charge in [-0.2, -0.15) is 0 Å². The molecule has 0 aliphatic carbocycles. The molecule has 0 radical (unpaired) electrons. The molecule has 1 rings (SSSR count). The molecule has 0 aromatic rings. The third-order valence-corrected chi connectivity index (χ3v) is 2.81. The highest BCUT2D eigenvalue weighted by Gasteiger charge is 2.47. The monoisotopic (exact) mass is 230 g/mol. The number of carboxylic acid groups (broad SMARTS) is 1. The van der Waals surface area contributed by atoms with Gasteiger partial charge in [0.25, 0.3) is 0 Å². The molecule has 1 saturated heterocycles. The molecular weight excluding hydrogens is 212 g/mol. The first kappa shape index (κ1) is 12.9. The molecule has 6 nitrogen and oxygen atoms in total. The lowest BCUT2D eigenvalue weighted by molar-refractivity contribution is -0.149. The maximum Gasteiger partial charge on any atom is 0.313 e. The highest BCUT2D eigenvalue weighted by atomic mass is 16.5. The Labute approximate surface area is 94.3 Å². The van der Waals surface area contributed by atoms with Crippen LogP contribution in [0, 0.1) is 5.41 Å². The Balaban J connectivity index is 2.53. The predicted molar refractivity (Wildman–Crippen MR) is 57.0 cm³/mol. The summed E-state index contributed by atoms with van der Waals surface area (Å²) >= 11 is 0. The Kier molecular flexibility index (Phi) is 4.26. The van der Waals surface area contributed by atoms with Gasteiger partial charge in [0.05, 0.1) is 25.8 Å². The zero-order chi connectivity index (χ0) is 12.2. The lowest BCUT2D eigenvalue weighted by Gasteiger charge is -2.25. The summed E-state index contributed by atoms with van der Waals surface area (Å²) in [7, 11) is 0. The molecule has 0 bridgehead atoms. The second-order valence-electron chi connectivity index (χ2n) is 4.14. The average Bonchev–Trinajstić information content (AvgIpc) is 2.59. The SMILES string of the molecule is CCNCC(=O)NC1COCC1(C)C(=O)O. The molecule has 0 aromatic heterocycles. The van der Waals surface area contributed by atoms with Crippen LogP contribution in [0.2, 0.25) is 0 Å². The highest BCUT2D eigenvalue weighted by molar-refractivity contribution is 5.81. The number of carbonyl (C=O) groups excluding carboxylic acids is 1. The van der Waals surface area contributed by atoms with E-state index in [-0.39, 0.29) is 25.7 Å². The van der Waals surface area contributed by atoms with Crippen molar-refractivity contribution >= 4 is 11.9 Å². The fraction of sp³-hybridized carbons (Fsp3) is 0.800. The van der Waals surface area contributed by atoms with Gasteiger partial charge in [0, 0.05) is 0 Å². The van der Waals surface area contributed by atoms with E-state index in [4.69, 9.17) is 9.84 Å². The summed E-state index contributed by atoms with van der Waals surface area (Å²) in [6, 6.07) is -0.462. The minimum atomic E-state index is -1.03. The highest BCUT2D eigenvalue weighted by Crippen LogP contribution is 2.28. The Morgan fingerprint density at radius 1 is 1.56 bits per heavy atom. The zero-order valence-electron chi connectivity index (χ0n) is 9.58. The summed E-state index contributed by atoms with van der Waals surface area (Å²) in [6.45, 7) is 4.76. The summed E-state index contributed by atoms with van der Waals surface area (Å²) in [5.74, 6) is -1.15. The summed E-state index contributed by atoms with van der Waals surface area (Å²) in [4.78, 5) is 22.5. The van der Waals surface area contributed by atoms with E-state index in [1.54, 1.807) is 6.92 Å². The fourth-order valence-corrected chi connectivity index (χ4v) is 1.57. The van der Waals surface area contributed by atoms with Gasteiger partial charge in [0.1, 0.15) is 5.41 Å². The zero-order valence-corrected chi connectivity index (χ0v) is 9.58. The third kappa shape index (κ3) is 2.70. The van der Waals surface area contributed by atoms with Gasteiger partial charge in [-0.3, -0.25) is 9.59 Å². The molecule has 0 aromatic carbocycles. The number of ether oxygens (including phenoxy) is 1. The topological polar surface area (TPSA) is 87.7 Å². The number of rotatable bonds is 5. The van der Waals surface area contributed by atoms with Gasteiger partial charge in [-0.15, -0.1) is 0 Å². The number of likely N-dealkylation sites (N-methyl/N-ethyl adjacent to an activating group) is 1. The van der Waals surface area contributed by atoms with Gasteiger partial charge in [-0.05, 0) is 13.5 Å². The van der Waals surface area contributed by atoms with Crippen molar-refractivity contribution in [3.8, 4) is 0 Å². The van der Waals surface area contributed by atoms with Crippen LogP contribution in [0.25, 0.3) is 0 Å². The minimum Gasteiger partial charge on any atom is -0.481 e. The van der Waals surface area contributed by atoms with Crippen molar-refractivity contribution in [1.82, 2.24) is 10.6 Å². The Morgan fingerprint density at radius 2 is 2.25 bits per heavy atom. The lowest BCUT2D eigenvalue weighted by atomic mass is 9.85. The van der Waals surface area contributed by atoms with Crippen LogP contribution in [0.5, 0.6) is 0 Å². The van der Waals surface area contributed by atoms with Crippen molar-refractivity contribution < 1.29 is 19.4 Å². The molecule has 3 N–H and O–H groups in total. The van der Waals surface area contributed by atoms with E-state index in [0.717, 1.165) is 0 Å². The van der Waals surface area contributed by atoms with Crippen LogP contribution >= 0.6 is 0 Å². The molecule has 0 saturated carbocycles. The van der Waals surface area contributed by atoms with Crippen LogP contribution in [0.1, 0.15) is 13.8 Å². The van der Waals surface area contributed by atoms with E-state index >= 15 is 0 Å². The number of nitrogens with one attached hydrogen (secondary N) is 2. The summed E-state index contributed by atoms with van der Waals surface area (Å²) in [5, 5.41) is 14.6. The summed E-state index contributed by atoms with van der Waals surface area (Å²) in [5.41, 5.74) is -1.03. The third-order valence-electron chi connectivity index (χ3n) is 2.81. The van der Waals surface area contributed by atoms with Crippen molar-refractivity contribution in [2.24, 2.45) is 5.41 Å². The second kappa shape index (κ2) is 5.27. The molecule has 1 aliphatic rings. The van der Waals surface area contributed by atoms with Gasteiger partial charge in [0.15, 0.2) is 0 Å². The van der Waals surface area contributed by atoms with Crippen LogP contribution in [0.3, 0.4) is 0 Å². The molecule has 1 heterocycles. The molecule has 2 unspecified atom stereocenters. The summed E-state index contributed by atoms with van der Waals surface area (Å²) in [6.07, 6.45) is 0. The second-order valence-corrected chi connectivity index (χ2v) is 4.14. The Morgan fingerprint density at radius 3 is 2.81 bits per heavy atom. The van der Waals surface area contributed by atoms with E-state index in [1.807, 2.05) is 6.92 Å². The molecule has 1 amide bonds. The van der Waals surface area contributed by atoms with Crippen molar-refractivity contribution in [1.29, 1.82) is 0 Å². The van der Waals surface area contributed by atoms with E-state index in [0.29, 0.717) is 6.54 Å². The molecule has 0 spiro atoms. The minimum absolute atomic E-state index is 0.133. The van der Waals surface area contributed by atoms with Crippen molar-refractivity contribution in [2.45, 2.75) is 19.9 Å². The molecule has 2 atom stereocenters.